The van der Waals surface area contributed by atoms with Crippen LogP contribution >= 0.6 is 0 Å². The van der Waals surface area contributed by atoms with Gasteiger partial charge in [-0.2, -0.15) is 0 Å². The van der Waals surface area contributed by atoms with Crippen molar-refractivity contribution in [1.82, 2.24) is 0 Å². The Labute approximate surface area is 817 Å². The van der Waals surface area contributed by atoms with Crippen molar-refractivity contribution in [2.45, 2.75) is 0 Å². The maximum Gasteiger partial charge on any atom is 0 e. The molecule has 61 heavy (non-hydrogen) atoms. The van der Waals surface area contributed by atoms with E-state index >= 15 is 0 Å². The first-order valence-electron chi connectivity index (χ1n) is 0. The van der Waals surface area contributed by atoms with Crippen LogP contribution in [0.5, 0.6) is 0 Å². The van der Waals surface area contributed by atoms with Crippen molar-refractivity contribution in [3.8, 4) is 0 Å². The van der Waals surface area contributed by atoms with Gasteiger partial charge < -0.3 is 225 Å². The summed E-state index contributed by atoms with van der Waals surface area (Å²) in [6.45, 7) is 0. The second kappa shape index (κ2) is 1430. The van der Waals surface area contributed by atoms with Gasteiger partial charge in [0.05, 0.1) is 0 Å². The van der Waals surface area contributed by atoms with E-state index in [2.05, 4.69) is 0 Å². The fourth-order valence-corrected chi connectivity index (χ4v) is 0. The molecule has 0 rings (SSSR count). The van der Waals surface area contributed by atoms with E-state index in [-0.39, 0.29) is 841 Å². The molecule has 0 atom stereocenters. The monoisotopic (exact) mass is 3100 g/mol. The van der Waals surface area contributed by atoms with Gasteiger partial charge in [-0.05, 0) is 0 Å². The molecule has 0 saturated heterocycles. The van der Waals surface area contributed by atoms with Gasteiger partial charge in [-0.3, -0.25) is 0 Å². The number of hydrogen-bond acceptors (Lipinski definition) is 0. The number of hydrogen-bond donors (Lipinski definition) is 0. The van der Waals surface area contributed by atoms with Crippen LogP contribution in [0.3, 0.4) is 0 Å². The zero-order valence-corrected chi connectivity index (χ0v) is 88.1. The third-order valence-corrected chi connectivity index (χ3v) is 0. The van der Waals surface area contributed by atoms with Gasteiger partial charge >= 0.3 is 0 Å². The van der Waals surface area contributed by atoms with E-state index in [9.17, 15) is 0 Å². The smallest absolute Gasteiger partial charge is 0 e. The van der Waals surface area contributed by atoms with Gasteiger partial charge in [-0.1, -0.05) is 0 Å². The van der Waals surface area contributed by atoms with E-state index < -0.39 is 0 Å². The summed E-state index contributed by atoms with van der Waals surface area (Å²) in [5.74, 6) is 0. The van der Waals surface area contributed by atoms with Crippen molar-refractivity contribution >= 4 is 368 Å². The molecule has 0 aliphatic carbocycles. The Hall–Kier alpha value is 18.0. The summed E-state index contributed by atoms with van der Waals surface area (Å²) in [7, 11) is 0. The van der Waals surface area contributed by atoms with Gasteiger partial charge in [-0.15, -0.1) is 0 Å². The third kappa shape index (κ3) is 1390. The molecule has 0 saturated carbocycles. The average molecular weight is 3100 g/mol. The zero-order valence-electron chi connectivity index (χ0n) is 32.9. The first-order chi connectivity index (χ1) is 0. The topological polar surface area (TPSA) is 1290 Å². The van der Waals surface area contributed by atoms with Gasteiger partial charge in [0.2, 0.25) is 0 Å². The maximum atomic E-state index is 0. The van der Waals surface area contributed by atoms with Crippen molar-refractivity contribution in [3.63, 3.8) is 0 Å². The summed E-state index contributed by atoms with van der Waals surface area (Å²) < 4.78 is 0. The van der Waals surface area contributed by atoms with E-state index in [0.717, 1.165) is 0 Å². The van der Waals surface area contributed by atoms with E-state index in [1.807, 2.05) is 0 Å². The molecule has 0 aromatic heterocycles. The first kappa shape index (κ1) is 1490. The van der Waals surface area contributed by atoms with Crippen molar-refractivity contribution in [2.24, 2.45) is 0 Å². The van der Waals surface area contributed by atoms with E-state index in [1.54, 1.807) is 0 Å². The molecule has 0 aliphatic heterocycles. The second-order valence-corrected chi connectivity index (χ2v) is 0. The Morgan fingerprint density at radius 3 is 0.0820 bits per heavy atom. The van der Waals surface area contributed by atoms with Crippen molar-refractivity contribution in [1.29, 1.82) is 0 Å². The number of rotatable bonds is 0. The van der Waals surface area contributed by atoms with Crippen LogP contribution in [0.4, 0.5) is 0 Å². The van der Waals surface area contributed by atoms with Gasteiger partial charge in [0.25, 0.3) is 0 Å². The summed E-state index contributed by atoms with van der Waals surface area (Å²) in [6.07, 6.45) is 0. The fourth-order valence-electron chi connectivity index (χ4n) is 0. The van der Waals surface area contributed by atoms with E-state index in [0.29, 0.717) is 0 Å². The third-order valence-electron chi connectivity index (χ3n) is 0. The van der Waals surface area contributed by atoms with Crippen LogP contribution in [0.15, 0.2) is 0 Å². The minimum atomic E-state index is 0. The summed E-state index contributed by atoms with van der Waals surface area (Å²) in [5, 5.41) is 0. The molecule has 82 N–H and O–H groups in total. The van der Waals surface area contributed by atoms with Crippen LogP contribution in [-0.2, 0) is 248 Å². The van der Waals surface area contributed by atoms with Crippen LogP contribution < -0.4 is 0 Å². The largest absolute Gasteiger partial charge is 0.412 e. The van der Waals surface area contributed by atoms with Gasteiger partial charge in [0, 0.05) is 617 Å². The molecule has 0 bridgehead atoms. The van der Waals surface area contributed by atoms with E-state index in [1.165, 1.54) is 0 Å². The minimum Gasteiger partial charge on any atom is -0.412 e. The Kier molecular flexibility index (Phi) is 34900. The summed E-state index contributed by atoms with van der Waals surface area (Å²) in [6, 6.07) is 0. The molecule has 61 heteroatoms. The van der Waals surface area contributed by atoms with Crippen LogP contribution in [-0.4, -0.2) is 593 Å². The Morgan fingerprint density at radius 2 is 0.0820 bits per heavy atom. The fraction of sp³-hybridized carbons (Fsp3) is 0. The SMILES string of the molecule is O.O.O.O.O.O.O.O.O.O.O.O.O.O.O.O.O.O.O.O.O.O.O.O.O.O.O.O.O.O.O.O.O.O.O.O.O.O.O.O.O.[B].[Co].[K].[K].[K].[K].[K].[K].[K].[W].[W].[W].[W].[W].[W].[W].[W].[W].[W].[W]. The molecule has 0 unspecified atom stereocenters. The summed E-state index contributed by atoms with van der Waals surface area (Å²) in [5.41, 5.74) is 0. The van der Waals surface area contributed by atoms with Crippen molar-refractivity contribution < 1.29 is 473 Å². The van der Waals surface area contributed by atoms with Gasteiger partial charge in [0.15, 0.2) is 0 Å². The first-order valence-corrected chi connectivity index (χ1v) is 0. The maximum absolute atomic E-state index is 0. The molecular weight excluding hydrogens is 3020 g/mol. The molecule has 0 amide bonds. The van der Waals surface area contributed by atoms with Gasteiger partial charge in [-0.25, -0.2) is 0 Å². The van der Waals surface area contributed by atoms with E-state index in [4.69, 9.17) is 0 Å². The molecular formula is H82BCoK7O41W11. The Balaban J connectivity index is 0. The Morgan fingerprint density at radius 1 is 0.0820 bits per heavy atom. The van der Waals surface area contributed by atoms with Crippen LogP contribution in [0.25, 0.3) is 0 Å². The molecule has 0 heterocycles. The van der Waals surface area contributed by atoms with Crippen molar-refractivity contribution in [2.75, 3.05) is 0 Å². The predicted octanol–water partition coefficient (Wildman–Crippen LogP) is -36.9. The molecule has 11 radical (unpaired) electrons. The molecule has 0 aromatic carbocycles. The summed E-state index contributed by atoms with van der Waals surface area (Å²) >= 11 is 0. The standard InChI is InChI=1S/B.Co.7K.41H2O.11W/h;;;;;;;;;41*1H2;;;;;;;;;;;. The molecule has 0 spiro atoms. The molecule has 0 fully saturated rings. The molecule has 413 valence electrons. The average Bonchev–Trinajstić information content (AvgIpc) is 0. The quantitative estimate of drug-likeness (QED) is 0.204. The second-order valence-electron chi connectivity index (χ2n) is 0. The molecule has 0 aromatic rings. The zero-order chi connectivity index (χ0) is 0. The van der Waals surface area contributed by atoms with Crippen LogP contribution in [0.2, 0.25) is 0 Å². The molecule has 0 aliphatic rings. The minimum absolute atomic E-state index is 0. The van der Waals surface area contributed by atoms with Crippen molar-refractivity contribution in [3.05, 3.63) is 0 Å². The molecule has 41 nitrogen and oxygen atoms in total. The summed E-state index contributed by atoms with van der Waals surface area (Å²) in [4.78, 5) is 0. The van der Waals surface area contributed by atoms with Crippen LogP contribution in [0, 0.1) is 0 Å². The normalized spacial score (nSPS) is 0. The van der Waals surface area contributed by atoms with Crippen LogP contribution in [0.1, 0.15) is 0 Å². The Bertz CT molecular complexity index is 84.4. The predicted molar refractivity (Wildman–Crippen MR) is 194 cm³/mol. The van der Waals surface area contributed by atoms with Gasteiger partial charge in [0.1, 0.15) is 0 Å².